The largest absolute Gasteiger partial charge is 0.506 e. The number of halogens is 2. The third kappa shape index (κ3) is 6.19. The molecule has 0 saturated heterocycles. The summed E-state index contributed by atoms with van der Waals surface area (Å²) in [5.74, 6) is 1.89. The molecule has 0 unspecified atom stereocenters. The van der Waals surface area contributed by atoms with Crippen LogP contribution >= 0.6 is 45.2 Å². The van der Waals surface area contributed by atoms with Crippen LogP contribution in [0.1, 0.15) is 5.56 Å². The van der Waals surface area contributed by atoms with Gasteiger partial charge in [-0.2, -0.15) is 9.97 Å². The van der Waals surface area contributed by atoms with Gasteiger partial charge in [0.05, 0.1) is 7.14 Å². The number of ether oxygens (including phenoxy) is 2. The number of aromatic hydroxyl groups is 1. The molecule has 4 rings (SSSR count). The van der Waals surface area contributed by atoms with E-state index in [2.05, 4.69) is 65.5 Å². The first-order valence-corrected chi connectivity index (χ1v) is 11.9. The predicted molar refractivity (Wildman–Crippen MR) is 139 cm³/mol. The number of benzene rings is 3. The molecule has 32 heavy (non-hydrogen) atoms. The zero-order chi connectivity index (χ0) is 22.3. The van der Waals surface area contributed by atoms with Gasteiger partial charge in [-0.05, 0) is 93.6 Å². The maximum absolute atomic E-state index is 9.95. The number of rotatable bonds is 8. The van der Waals surface area contributed by atoms with Crippen molar-refractivity contribution >= 4 is 51.1 Å². The highest BCUT2D eigenvalue weighted by molar-refractivity contribution is 14.1. The highest BCUT2D eigenvalue weighted by Gasteiger charge is 2.11. The Kier molecular flexibility index (Phi) is 7.58. The molecule has 0 atom stereocenters. The second kappa shape index (κ2) is 10.8. The Hall–Kier alpha value is -2.67. The van der Waals surface area contributed by atoms with Crippen LogP contribution in [-0.4, -0.2) is 26.6 Å². The van der Waals surface area contributed by atoms with Gasteiger partial charge in [0.1, 0.15) is 17.2 Å². The number of hydrogen-bond donors (Lipinski definition) is 2. The minimum Gasteiger partial charge on any atom is -0.506 e. The molecule has 0 aliphatic carbocycles. The third-order valence-electron chi connectivity index (χ3n) is 4.27. The first kappa shape index (κ1) is 22.5. The summed E-state index contributed by atoms with van der Waals surface area (Å²) in [6.45, 7) is 0.580. The van der Waals surface area contributed by atoms with Crippen molar-refractivity contribution in [3.05, 3.63) is 85.5 Å². The molecule has 1 heterocycles. The van der Waals surface area contributed by atoms with Crippen molar-refractivity contribution in [1.82, 2.24) is 15.0 Å². The molecule has 0 bridgehead atoms. The van der Waals surface area contributed by atoms with Crippen LogP contribution in [0.25, 0.3) is 0 Å². The summed E-state index contributed by atoms with van der Waals surface area (Å²) in [7, 11) is 0. The van der Waals surface area contributed by atoms with Crippen molar-refractivity contribution in [2.75, 3.05) is 11.9 Å². The molecule has 7 nitrogen and oxygen atoms in total. The van der Waals surface area contributed by atoms with E-state index in [1.807, 2.05) is 72.8 Å². The lowest BCUT2D eigenvalue weighted by Gasteiger charge is -2.11. The molecule has 0 radical (unpaired) electrons. The standard InChI is InChI=1S/C23H18I2N4O3/c24-18-13-15(14-19(25)20(18)30)11-12-26-21-27-22(31-16-7-3-1-4-8-16)29-23(28-21)32-17-9-5-2-6-10-17/h1-10,13-14,30H,11-12H2,(H,26,27,28,29). The van der Waals surface area contributed by atoms with Gasteiger partial charge in [-0.1, -0.05) is 36.4 Å². The van der Waals surface area contributed by atoms with Gasteiger partial charge in [0.25, 0.3) is 0 Å². The molecule has 0 saturated carbocycles. The molecule has 0 aliphatic heterocycles. The van der Waals surface area contributed by atoms with E-state index in [1.165, 1.54) is 0 Å². The summed E-state index contributed by atoms with van der Waals surface area (Å²) in [4.78, 5) is 13.0. The number of para-hydroxylation sites is 2. The molecule has 3 aromatic carbocycles. The summed E-state index contributed by atoms with van der Waals surface area (Å²) in [5, 5.41) is 13.2. The molecule has 162 valence electrons. The highest BCUT2D eigenvalue weighted by atomic mass is 127. The first-order chi connectivity index (χ1) is 15.6. The van der Waals surface area contributed by atoms with Crippen LogP contribution in [0.3, 0.4) is 0 Å². The molecule has 1 aromatic heterocycles. The van der Waals surface area contributed by atoms with Gasteiger partial charge < -0.3 is 19.9 Å². The SMILES string of the molecule is Oc1c(I)cc(CCNc2nc(Oc3ccccc3)nc(Oc3ccccc3)n2)cc1I. The Balaban J connectivity index is 1.51. The van der Waals surface area contributed by atoms with Crippen LogP contribution in [-0.2, 0) is 6.42 Å². The quantitative estimate of drug-likeness (QED) is 0.225. The average molecular weight is 652 g/mol. The van der Waals surface area contributed by atoms with E-state index in [0.717, 1.165) is 19.1 Å². The van der Waals surface area contributed by atoms with E-state index < -0.39 is 0 Å². The van der Waals surface area contributed by atoms with E-state index in [1.54, 1.807) is 0 Å². The number of aromatic nitrogens is 3. The maximum Gasteiger partial charge on any atom is 0.330 e. The number of nitrogens with zero attached hydrogens (tertiary/aromatic N) is 3. The zero-order valence-electron chi connectivity index (χ0n) is 16.7. The van der Waals surface area contributed by atoms with Crippen LogP contribution in [0.5, 0.6) is 29.3 Å². The van der Waals surface area contributed by atoms with Crippen LogP contribution in [0.2, 0.25) is 0 Å². The zero-order valence-corrected chi connectivity index (χ0v) is 21.0. The summed E-state index contributed by atoms with van der Waals surface area (Å²) < 4.78 is 13.2. The normalized spacial score (nSPS) is 10.6. The van der Waals surface area contributed by atoms with Crippen molar-refractivity contribution in [1.29, 1.82) is 0 Å². The lowest BCUT2D eigenvalue weighted by atomic mass is 10.1. The van der Waals surface area contributed by atoms with E-state index in [9.17, 15) is 5.11 Å². The molecular weight excluding hydrogens is 634 g/mol. The van der Waals surface area contributed by atoms with Crippen molar-refractivity contribution in [3.8, 4) is 29.3 Å². The van der Waals surface area contributed by atoms with Gasteiger partial charge >= 0.3 is 12.0 Å². The van der Waals surface area contributed by atoms with Gasteiger partial charge in [0.2, 0.25) is 5.95 Å². The molecule has 9 heteroatoms. The van der Waals surface area contributed by atoms with E-state index in [4.69, 9.17) is 9.47 Å². The van der Waals surface area contributed by atoms with E-state index >= 15 is 0 Å². The minimum absolute atomic E-state index is 0.133. The molecule has 0 fully saturated rings. The summed E-state index contributed by atoms with van der Waals surface area (Å²) in [5.41, 5.74) is 1.10. The summed E-state index contributed by atoms with van der Waals surface area (Å²) in [6, 6.07) is 22.8. The fourth-order valence-electron chi connectivity index (χ4n) is 2.78. The van der Waals surface area contributed by atoms with Crippen LogP contribution in [0, 0.1) is 7.14 Å². The second-order valence-electron chi connectivity index (χ2n) is 6.64. The minimum atomic E-state index is 0.133. The van der Waals surface area contributed by atoms with Gasteiger partial charge in [-0.3, -0.25) is 0 Å². The Morgan fingerprint density at radius 1 is 0.750 bits per heavy atom. The summed E-state index contributed by atoms with van der Waals surface area (Å²) >= 11 is 4.25. The van der Waals surface area contributed by atoms with Crippen molar-refractivity contribution in [2.45, 2.75) is 6.42 Å². The van der Waals surface area contributed by atoms with E-state index in [-0.39, 0.29) is 12.0 Å². The van der Waals surface area contributed by atoms with Gasteiger partial charge in [0.15, 0.2) is 0 Å². The molecule has 2 N–H and O–H groups in total. The second-order valence-corrected chi connectivity index (χ2v) is 8.96. The molecule has 0 aliphatic rings. The van der Waals surface area contributed by atoms with Crippen LogP contribution in [0.4, 0.5) is 5.95 Å². The number of anilines is 1. The van der Waals surface area contributed by atoms with Gasteiger partial charge in [-0.15, -0.1) is 4.98 Å². The number of phenolic OH excluding ortho intramolecular Hbond substituents is 1. The van der Waals surface area contributed by atoms with Crippen LogP contribution in [0.15, 0.2) is 72.8 Å². The maximum atomic E-state index is 9.95. The topological polar surface area (TPSA) is 89.4 Å². The molecule has 0 amide bonds. The molecule has 0 spiro atoms. The molecular formula is C23H18I2N4O3. The Labute approximate surface area is 212 Å². The monoisotopic (exact) mass is 652 g/mol. The highest BCUT2D eigenvalue weighted by Crippen LogP contribution is 2.28. The Bertz CT molecular complexity index is 1110. The van der Waals surface area contributed by atoms with E-state index in [0.29, 0.717) is 29.7 Å². The summed E-state index contributed by atoms with van der Waals surface area (Å²) in [6.07, 6.45) is 0.724. The lowest BCUT2D eigenvalue weighted by Crippen LogP contribution is -2.10. The van der Waals surface area contributed by atoms with Gasteiger partial charge in [-0.25, -0.2) is 0 Å². The van der Waals surface area contributed by atoms with Crippen molar-refractivity contribution in [3.63, 3.8) is 0 Å². The van der Waals surface area contributed by atoms with Crippen molar-refractivity contribution < 1.29 is 14.6 Å². The Morgan fingerprint density at radius 3 is 1.75 bits per heavy atom. The van der Waals surface area contributed by atoms with Gasteiger partial charge in [0, 0.05) is 6.54 Å². The lowest BCUT2D eigenvalue weighted by molar-refractivity contribution is 0.398. The fourth-order valence-corrected chi connectivity index (χ4v) is 4.67. The number of nitrogens with one attached hydrogen (secondary N) is 1. The predicted octanol–water partition coefficient (Wildman–Crippen LogP) is 6.03. The van der Waals surface area contributed by atoms with Crippen LogP contribution < -0.4 is 14.8 Å². The third-order valence-corrected chi connectivity index (χ3v) is 5.92. The molecule has 4 aromatic rings. The smallest absolute Gasteiger partial charge is 0.330 e. The fraction of sp³-hybridized carbons (Fsp3) is 0.0870. The van der Waals surface area contributed by atoms with Crippen molar-refractivity contribution in [2.24, 2.45) is 0 Å². The number of hydrogen-bond acceptors (Lipinski definition) is 7. The Morgan fingerprint density at radius 2 is 1.25 bits per heavy atom. The number of phenols is 1. The first-order valence-electron chi connectivity index (χ1n) is 9.69. The average Bonchev–Trinajstić information content (AvgIpc) is 2.79.